The predicted molar refractivity (Wildman–Crippen MR) is 117 cm³/mol. The first kappa shape index (κ1) is 25.1. The standard InChI is InChI=1S/C21H21ClN2O8.ClH/c1-24(2)14-7-5-6-10(16(27)12-9(25)4-3-8(22)11(12)15(6)26)18(29)21(7,32)19(30)13(17(14)28)20(23)31;/h3-4,6-7,13-15,25-27,32H,5H2,1-2H3,(H2,23,31);1H. The molecule has 2 fully saturated rings. The molecule has 1 aromatic rings. The number of primary amides is 1. The Morgan fingerprint density at radius 1 is 1.21 bits per heavy atom. The Labute approximate surface area is 199 Å². The van der Waals surface area contributed by atoms with Gasteiger partial charge in [-0.3, -0.25) is 24.1 Å². The lowest BCUT2D eigenvalue weighted by Crippen LogP contribution is -2.72. The second-order valence-corrected chi connectivity index (χ2v) is 9.02. The quantitative estimate of drug-likeness (QED) is 0.346. The Hall–Kier alpha value is -2.50. The molecule has 0 bridgehead atoms. The monoisotopic (exact) mass is 500 g/mol. The highest BCUT2D eigenvalue weighted by Crippen LogP contribution is 2.55. The Bertz CT molecular complexity index is 1130. The molecule has 3 aliphatic carbocycles. The van der Waals surface area contributed by atoms with Crippen LogP contribution in [-0.4, -0.2) is 74.3 Å². The summed E-state index contributed by atoms with van der Waals surface area (Å²) in [6, 6.07) is 1.23. The number of ketones is 3. The number of aliphatic hydroxyl groups is 3. The summed E-state index contributed by atoms with van der Waals surface area (Å²) >= 11 is 6.18. The predicted octanol–water partition coefficient (Wildman–Crippen LogP) is -0.0967. The third kappa shape index (κ3) is 3.12. The van der Waals surface area contributed by atoms with E-state index in [1.54, 1.807) is 0 Å². The molecule has 0 aromatic heterocycles. The van der Waals surface area contributed by atoms with Crippen molar-refractivity contribution in [2.75, 3.05) is 14.1 Å². The summed E-state index contributed by atoms with van der Waals surface area (Å²) in [5, 5.41) is 43.6. The molecule has 4 rings (SSSR count). The lowest BCUT2D eigenvalue weighted by Gasteiger charge is -2.51. The van der Waals surface area contributed by atoms with Crippen LogP contribution in [0.5, 0.6) is 5.75 Å². The average molecular weight is 501 g/mol. The summed E-state index contributed by atoms with van der Waals surface area (Å²) < 4.78 is 0. The SMILES string of the molecule is CN(C)C1C(=O)C(C(N)=O)C(=O)C2(O)C(=O)C3=C(O)c4c(O)ccc(Cl)c4C(O)C3CC12.Cl. The molecule has 1 amide bonds. The first-order chi connectivity index (χ1) is 14.8. The highest BCUT2D eigenvalue weighted by atomic mass is 35.5. The van der Waals surface area contributed by atoms with Gasteiger partial charge in [-0.2, -0.15) is 0 Å². The molecule has 6 atom stereocenters. The number of halogens is 2. The molecule has 0 radical (unpaired) electrons. The van der Waals surface area contributed by atoms with Crippen LogP contribution in [0.1, 0.15) is 23.7 Å². The first-order valence-electron chi connectivity index (χ1n) is 9.79. The molecular weight excluding hydrogens is 479 g/mol. The maximum Gasteiger partial charge on any atom is 0.235 e. The van der Waals surface area contributed by atoms with Gasteiger partial charge < -0.3 is 26.2 Å². The number of phenolic OH excluding ortho intramolecular Hbond substituents is 1. The van der Waals surface area contributed by atoms with Crippen molar-refractivity contribution in [2.45, 2.75) is 24.2 Å². The fourth-order valence-electron chi connectivity index (χ4n) is 5.38. The van der Waals surface area contributed by atoms with Crippen molar-refractivity contribution >= 4 is 53.0 Å². The third-order valence-electron chi connectivity index (χ3n) is 6.78. The van der Waals surface area contributed by atoms with Crippen molar-refractivity contribution in [3.05, 3.63) is 33.9 Å². The number of hydrogen-bond acceptors (Lipinski definition) is 9. The topological polar surface area (TPSA) is 178 Å². The summed E-state index contributed by atoms with van der Waals surface area (Å²) in [6.45, 7) is 0. The fraction of sp³-hybridized carbons (Fsp3) is 0.429. The molecule has 3 aliphatic rings. The Morgan fingerprint density at radius 2 is 1.82 bits per heavy atom. The summed E-state index contributed by atoms with van der Waals surface area (Å²) in [4.78, 5) is 52.9. The maximum atomic E-state index is 13.5. The lowest BCUT2D eigenvalue weighted by molar-refractivity contribution is -0.177. The normalized spacial score (nSPS) is 33.3. The largest absolute Gasteiger partial charge is 0.507 e. The van der Waals surface area contributed by atoms with E-state index >= 15 is 0 Å². The zero-order valence-electron chi connectivity index (χ0n) is 17.5. The summed E-state index contributed by atoms with van der Waals surface area (Å²) in [5.41, 5.74) is 1.62. The minimum Gasteiger partial charge on any atom is -0.507 e. The summed E-state index contributed by atoms with van der Waals surface area (Å²) in [5.74, 6) is -10.5. The van der Waals surface area contributed by atoms with E-state index in [-0.39, 0.29) is 35.0 Å². The molecular formula is C21H22Cl2N2O8. The van der Waals surface area contributed by atoms with Crippen molar-refractivity contribution in [3.8, 4) is 5.75 Å². The second-order valence-electron chi connectivity index (χ2n) is 8.62. The minimum atomic E-state index is -2.84. The number of amides is 1. The molecule has 6 unspecified atom stereocenters. The number of carbonyl (C=O) groups excluding carboxylic acids is 4. The van der Waals surface area contributed by atoms with Crippen molar-refractivity contribution < 1.29 is 39.6 Å². The number of fused-ring (bicyclic) bond motifs is 3. The van der Waals surface area contributed by atoms with Gasteiger partial charge in [0.25, 0.3) is 0 Å². The Morgan fingerprint density at radius 3 is 2.36 bits per heavy atom. The van der Waals surface area contributed by atoms with E-state index in [2.05, 4.69) is 0 Å². The fourth-order valence-corrected chi connectivity index (χ4v) is 5.65. The molecule has 0 spiro atoms. The van der Waals surface area contributed by atoms with Crippen LogP contribution in [0.3, 0.4) is 0 Å². The van der Waals surface area contributed by atoms with Gasteiger partial charge in [-0.15, -0.1) is 12.4 Å². The van der Waals surface area contributed by atoms with Crippen molar-refractivity contribution in [1.29, 1.82) is 0 Å². The number of aromatic hydroxyl groups is 1. The number of rotatable bonds is 2. The molecule has 10 nitrogen and oxygen atoms in total. The molecule has 0 aliphatic heterocycles. The van der Waals surface area contributed by atoms with Gasteiger partial charge in [0.2, 0.25) is 11.7 Å². The lowest BCUT2D eigenvalue weighted by atomic mass is 9.54. The summed E-state index contributed by atoms with van der Waals surface area (Å²) in [6.07, 6.45) is -1.74. The number of hydrogen-bond donors (Lipinski definition) is 5. The minimum absolute atomic E-state index is 0. The van der Waals surface area contributed by atoms with E-state index in [0.29, 0.717) is 0 Å². The molecule has 12 heteroatoms. The van der Waals surface area contributed by atoms with Crippen LogP contribution in [0, 0.1) is 17.8 Å². The molecule has 6 N–H and O–H groups in total. The number of carbonyl (C=O) groups is 4. The van der Waals surface area contributed by atoms with Gasteiger partial charge in [0.05, 0.1) is 17.7 Å². The smallest absolute Gasteiger partial charge is 0.235 e. The molecule has 0 saturated heterocycles. The molecule has 0 heterocycles. The van der Waals surface area contributed by atoms with Gasteiger partial charge in [0.15, 0.2) is 23.1 Å². The van der Waals surface area contributed by atoms with Crippen LogP contribution in [0.4, 0.5) is 0 Å². The van der Waals surface area contributed by atoms with Crippen LogP contribution in [-0.2, 0) is 19.2 Å². The van der Waals surface area contributed by atoms with E-state index in [1.807, 2.05) is 0 Å². The number of nitrogens with zero attached hydrogens (tertiary/aromatic N) is 1. The first-order valence-corrected chi connectivity index (χ1v) is 10.2. The molecule has 33 heavy (non-hydrogen) atoms. The number of benzene rings is 1. The Balaban J connectivity index is 0.00000306. The van der Waals surface area contributed by atoms with Gasteiger partial charge in [0, 0.05) is 28.0 Å². The number of aliphatic hydroxyl groups excluding tert-OH is 2. The van der Waals surface area contributed by atoms with Gasteiger partial charge in [0.1, 0.15) is 11.5 Å². The third-order valence-corrected chi connectivity index (χ3v) is 7.11. The molecule has 2 saturated carbocycles. The van der Waals surface area contributed by atoms with E-state index < -0.39 is 75.8 Å². The zero-order chi connectivity index (χ0) is 23.9. The molecule has 1 aromatic carbocycles. The number of likely N-dealkylation sites (N-methyl/N-ethyl adjacent to an activating group) is 1. The zero-order valence-corrected chi connectivity index (χ0v) is 19.1. The number of Topliss-reactive ketones (excluding diaryl/α,β-unsaturated/α-hetero) is 3. The van der Waals surface area contributed by atoms with E-state index in [9.17, 15) is 39.6 Å². The number of phenols is 1. The van der Waals surface area contributed by atoms with Crippen LogP contribution in [0.2, 0.25) is 5.02 Å². The van der Waals surface area contributed by atoms with E-state index in [1.165, 1.54) is 25.1 Å². The van der Waals surface area contributed by atoms with Gasteiger partial charge in [-0.05, 0) is 32.6 Å². The van der Waals surface area contributed by atoms with Crippen LogP contribution < -0.4 is 5.73 Å². The van der Waals surface area contributed by atoms with Crippen LogP contribution in [0.15, 0.2) is 17.7 Å². The maximum absolute atomic E-state index is 13.5. The van der Waals surface area contributed by atoms with Gasteiger partial charge in [-0.1, -0.05) is 11.6 Å². The van der Waals surface area contributed by atoms with Crippen LogP contribution in [0.25, 0.3) is 5.76 Å². The number of nitrogens with two attached hydrogens (primary N) is 1. The Kier molecular flexibility index (Phi) is 6.14. The summed E-state index contributed by atoms with van der Waals surface area (Å²) in [7, 11) is 2.96. The molecule has 178 valence electrons. The van der Waals surface area contributed by atoms with Gasteiger partial charge >= 0.3 is 0 Å². The highest BCUT2D eigenvalue weighted by molar-refractivity contribution is 6.33. The second kappa shape index (κ2) is 8.07. The van der Waals surface area contributed by atoms with E-state index in [0.717, 1.165) is 6.07 Å². The van der Waals surface area contributed by atoms with Crippen molar-refractivity contribution in [2.24, 2.45) is 23.5 Å². The van der Waals surface area contributed by atoms with Crippen molar-refractivity contribution in [1.82, 2.24) is 4.90 Å². The van der Waals surface area contributed by atoms with Gasteiger partial charge in [-0.25, -0.2) is 0 Å². The van der Waals surface area contributed by atoms with Crippen LogP contribution >= 0.6 is 24.0 Å². The van der Waals surface area contributed by atoms with Crippen molar-refractivity contribution in [3.63, 3.8) is 0 Å². The van der Waals surface area contributed by atoms with E-state index in [4.69, 9.17) is 17.3 Å². The average Bonchev–Trinajstić information content (AvgIpc) is 2.69. The highest BCUT2D eigenvalue weighted by Gasteiger charge is 2.68.